The Labute approximate surface area is 201 Å². The lowest BCUT2D eigenvalue weighted by Gasteiger charge is -2.58. The first-order valence-corrected chi connectivity index (χ1v) is 13.2. The number of ketones is 1. The molecule has 0 unspecified atom stereocenters. The van der Waals surface area contributed by atoms with Gasteiger partial charge in [-0.3, -0.25) is 4.79 Å². The van der Waals surface area contributed by atoms with Gasteiger partial charge in [0.25, 0.3) is 0 Å². The highest BCUT2D eigenvalue weighted by atomic mass is 16.6. The molecule has 1 spiro atoms. The maximum Gasteiger partial charge on any atom is 0.336 e. The lowest BCUT2D eigenvalue weighted by atomic mass is 9.44. The summed E-state index contributed by atoms with van der Waals surface area (Å²) in [5.74, 6) is 1.61. The van der Waals surface area contributed by atoms with Crippen molar-refractivity contribution in [3.63, 3.8) is 0 Å². The number of esters is 1. The number of cyclic esters (lactones) is 1. The average molecular weight is 471 g/mol. The predicted octanol–water partition coefficient (Wildman–Crippen LogP) is 3.35. The van der Waals surface area contributed by atoms with Crippen LogP contribution in [-0.4, -0.2) is 52.5 Å². The van der Waals surface area contributed by atoms with E-state index in [-0.39, 0.29) is 47.8 Å². The first-order valence-electron chi connectivity index (χ1n) is 13.2. The topological polar surface area (TPSA) is 96.4 Å². The summed E-state index contributed by atoms with van der Waals surface area (Å²) in [5.41, 5.74) is 0.129. The third kappa shape index (κ3) is 2.63. The van der Waals surface area contributed by atoms with Crippen molar-refractivity contribution in [2.75, 3.05) is 6.61 Å². The van der Waals surface area contributed by atoms with Gasteiger partial charge in [-0.05, 0) is 93.1 Å². The summed E-state index contributed by atoms with van der Waals surface area (Å²) in [5, 5.41) is 20.4. The van der Waals surface area contributed by atoms with Crippen LogP contribution in [0.1, 0.15) is 66.2 Å². The zero-order chi connectivity index (χ0) is 24.2. The minimum Gasteiger partial charge on any atom is -0.458 e. The molecule has 0 aromatic rings. The van der Waals surface area contributed by atoms with E-state index in [2.05, 4.69) is 20.8 Å². The van der Waals surface area contributed by atoms with Gasteiger partial charge in [0.2, 0.25) is 0 Å². The molecule has 2 heterocycles. The fourth-order valence-electron chi connectivity index (χ4n) is 9.69. The summed E-state index contributed by atoms with van der Waals surface area (Å²) in [7, 11) is 0. The highest BCUT2D eigenvalue weighted by Gasteiger charge is 2.80. The molecular weight excluding hydrogens is 432 g/mol. The van der Waals surface area contributed by atoms with Crippen LogP contribution in [0, 0.1) is 40.4 Å². The fourth-order valence-corrected chi connectivity index (χ4v) is 9.69. The largest absolute Gasteiger partial charge is 0.458 e. The fraction of sp³-hybridized carbons (Fsp3) is 0.786. The lowest BCUT2D eigenvalue weighted by Crippen LogP contribution is -2.63. The van der Waals surface area contributed by atoms with E-state index in [4.69, 9.17) is 9.47 Å². The Hall–Kier alpha value is -1.50. The first kappa shape index (κ1) is 22.9. The van der Waals surface area contributed by atoms with Crippen molar-refractivity contribution in [3.8, 4) is 0 Å². The summed E-state index contributed by atoms with van der Waals surface area (Å²) in [6, 6.07) is 0. The van der Waals surface area contributed by atoms with Gasteiger partial charge in [-0.25, -0.2) is 4.79 Å². The molecule has 0 aromatic carbocycles. The van der Waals surface area contributed by atoms with Gasteiger partial charge in [0.05, 0.1) is 23.7 Å². The van der Waals surface area contributed by atoms with E-state index in [1.165, 1.54) is 0 Å². The highest BCUT2D eigenvalue weighted by molar-refractivity contribution is 5.98. The number of hydrogen-bond donors (Lipinski definition) is 2. The number of aliphatic hydroxyl groups is 2. The number of carbonyl (C=O) groups is 2. The number of ether oxygens (including phenoxy) is 2. The molecule has 0 radical (unpaired) electrons. The molecule has 4 fully saturated rings. The molecule has 0 amide bonds. The number of hydrogen-bond acceptors (Lipinski definition) is 6. The third-order valence-electron chi connectivity index (χ3n) is 11.6. The van der Waals surface area contributed by atoms with Gasteiger partial charge in [-0.1, -0.05) is 19.4 Å². The predicted molar refractivity (Wildman–Crippen MR) is 124 cm³/mol. The molecule has 6 nitrogen and oxygen atoms in total. The Kier molecular flexibility index (Phi) is 4.90. The van der Waals surface area contributed by atoms with Gasteiger partial charge in [0.15, 0.2) is 5.78 Å². The summed E-state index contributed by atoms with van der Waals surface area (Å²) in [6.45, 7) is 8.41. The van der Waals surface area contributed by atoms with E-state index in [0.29, 0.717) is 29.7 Å². The van der Waals surface area contributed by atoms with E-state index < -0.39 is 17.1 Å². The van der Waals surface area contributed by atoms with Crippen LogP contribution in [0.4, 0.5) is 0 Å². The Morgan fingerprint density at radius 1 is 1.18 bits per heavy atom. The number of rotatable bonds is 3. The Bertz CT molecular complexity index is 999. The molecule has 6 aliphatic rings. The minimum absolute atomic E-state index is 0.0366. The molecule has 1 saturated heterocycles. The van der Waals surface area contributed by atoms with E-state index >= 15 is 0 Å². The van der Waals surface area contributed by atoms with Crippen molar-refractivity contribution < 1.29 is 29.3 Å². The summed E-state index contributed by atoms with van der Waals surface area (Å²) in [6.07, 6.45) is 8.23. The normalized spacial score (nSPS) is 52.4. The van der Waals surface area contributed by atoms with Gasteiger partial charge < -0.3 is 19.7 Å². The van der Waals surface area contributed by atoms with Crippen molar-refractivity contribution in [2.45, 2.75) is 90.1 Å². The van der Waals surface area contributed by atoms with Gasteiger partial charge in [-0.15, -0.1) is 0 Å². The van der Waals surface area contributed by atoms with Crippen LogP contribution >= 0.6 is 0 Å². The Morgan fingerprint density at radius 2 is 1.94 bits per heavy atom. The molecule has 2 N–H and O–H groups in total. The van der Waals surface area contributed by atoms with Crippen LogP contribution in [0.5, 0.6) is 0 Å². The second-order valence-electron chi connectivity index (χ2n) is 12.5. The second kappa shape index (κ2) is 7.27. The summed E-state index contributed by atoms with van der Waals surface area (Å²) in [4.78, 5) is 25.8. The van der Waals surface area contributed by atoms with E-state index in [1.54, 1.807) is 12.2 Å². The summed E-state index contributed by atoms with van der Waals surface area (Å²) < 4.78 is 12.1. The van der Waals surface area contributed by atoms with Crippen LogP contribution in [0.25, 0.3) is 0 Å². The Morgan fingerprint density at radius 3 is 2.65 bits per heavy atom. The minimum atomic E-state index is -0.719. The highest BCUT2D eigenvalue weighted by Crippen LogP contribution is 2.73. The van der Waals surface area contributed by atoms with Gasteiger partial charge in [0, 0.05) is 6.42 Å². The van der Waals surface area contributed by atoms with Crippen molar-refractivity contribution in [2.24, 2.45) is 40.4 Å². The SMILES string of the molecule is CC1=C(CO)C(=O)O[C@@H]([C@@H](C)[C@H]2CC[C@H]3[C@@H]4C[C@H]5O[C@@]56[C@@H](O)C=CC(=O)[C@]6(C)[C@H]4CC[C@]23C)C1. The second-order valence-corrected chi connectivity index (χ2v) is 12.5. The molecule has 4 aliphatic carbocycles. The van der Waals surface area contributed by atoms with Crippen molar-refractivity contribution in [1.82, 2.24) is 0 Å². The molecule has 3 saturated carbocycles. The van der Waals surface area contributed by atoms with Gasteiger partial charge in [0.1, 0.15) is 17.8 Å². The summed E-state index contributed by atoms with van der Waals surface area (Å²) >= 11 is 0. The van der Waals surface area contributed by atoms with Crippen molar-refractivity contribution >= 4 is 11.8 Å². The molecule has 34 heavy (non-hydrogen) atoms. The number of aliphatic hydroxyl groups excluding tert-OH is 2. The number of epoxide rings is 1. The molecule has 11 atom stereocenters. The maximum absolute atomic E-state index is 13.3. The maximum atomic E-state index is 13.3. The van der Waals surface area contributed by atoms with Gasteiger partial charge in [-0.2, -0.15) is 0 Å². The molecule has 6 heteroatoms. The quantitative estimate of drug-likeness (QED) is 0.485. The molecular formula is C28H38O6. The number of fused-ring (bicyclic) bond motifs is 4. The average Bonchev–Trinajstić information content (AvgIpc) is 3.43. The van der Waals surface area contributed by atoms with Crippen LogP contribution in [0.15, 0.2) is 23.3 Å². The molecule has 0 bridgehead atoms. The van der Waals surface area contributed by atoms with Crippen LogP contribution in [-0.2, 0) is 19.1 Å². The Balaban J connectivity index is 1.27. The van der Waals surface area contributed by atoms with E-state index in [9.17, 15) is 19.8 Å². The lowest BCUT2D eigenvalue weighted by molar-refractivity contribution is -0.155. The molecule has 186 valence electrons. The monoisotopic (exact) mass is 470 g/mol. The van der Waals surface area contributed by atoms with Crippen LogP contribution < -0.4 is 0 Å². The van der Waals surface area contributed by atoms with Crippen LogP contribution in [0.2, 0.25) is 0 Å². The van der Waals surface area contributed by atoms with Crippen molar-refractivity contribution in [3.05, 3.63) is 23.3 Å². The zero-order valence-electron chi connectivity index (χ0n) is 20.8. The standard InChI is InChI=1S/C28H38O6/c1-14-11-21(33-25(32)17(14)13-29)15(2)18-5-6-19-16-12-24-28(34-24)23(31)8-7-22(30)27(28,4)20(16)9-10-26(18,19)3/h7-8,15-16,18-21,23-24,29,31H,5-6,9-13H2,1-4H3/t15-,16-,18+,19-,20-,21+,23-,24+,26+,27-,28-/m0/s1. The third-order valence-corrected chi connectivity index (χ3v) is 11.6. The van der Waals surface area contributed by atoms with E-state index in [1.807, 2.05) is 6.92 Å². The number of carbonyl (C=O) groups excluding carboxylic acids is 2. The van der Waals surface area contributed by atoms with E-state index in [0.717, 1.165) is 37.7 Å². The van der Waals surface area contributed by atoms with Gasteiger partial charge >= 0.3 is 5.97 Å². The molecule has 6 rings (SSSR count). The first-order chi connectivity index (χ1) is 16.1. The zero-order valence-corrected chi connectivity index (χ0v) is 20.8. The smallest absolute Gasteiger partial charge is 0.336 e. The van der Waals surface area contributed by atoms with Crippen molar-refractivity contribution in [1.29, 1.82) is 0 Å². The van der Waals surface area contributed by atoms with Crippen LogP contribution in [0.3, 0.4) is 0 Å². The molecule has 0 aromatic heterocycles. The number of allylic oxidation sites excluding steroid dienone is 1. The molecule has 2 aliphatic heterocycles.